The minimum atomic E-state index is -5.34. The summed E-state index contributed by atoms with van der Waals surface area (Å²) in [5, 5.41) is 4.50. The zero-order valence-electron chi connectivity index (χ0n) is 12.6. The summed E-state index contributed by atoms with van der Waals surface area (Å²) in [5.74, 6) is -3.83. The summed E-state index contributed by atoms with van der Waals surface area (Å²) >= 11 is 0.858. The van der Waals surface area contributed by atoms with Gasteiger partial charge in [0.25, 0.3) is 17.5 Å². The Bertz CT molecular complexity index is 885. The number of thiophene rings is 1. The third-order valence-corrected chi connectivity index (χ3v) is 4.43. The average molecular weight is 387 g/mol. The molecule has 26 heavy (non-hydrogen) atoms. The molecule has 2 heterocycles. The van der Waals surface area contributed by atoms with Crippen LogP contribution in [0.5, 0.6) is 0 Å². The lowest BCUT2D eigenvalue weighted by atomic mass is 10.1. The number of carbonyl (C=O) groups excluding carboxylic acids is 3. The third kappa shape index (κ3) is 2.79. The highest BCUT2D eigenvalue weighted by molar-refractivity contribution is 7.12. The first-order valence-corrected chi connectivity index (χ1v) is 7.89. The van der Waals surface area contributed by atoms with E-state index in [1.54, 1.807) is 5.32 Å². The van der Waals surface area contributed by atoms with Crippen molar-refractivity contribution in [3.63, 3.8) is 0 Å². The maximum atomic E-state index is 13.7. The summed E-state index contributed by atoms with van der Waals surface area (Å²) in [6, 6.07) is 5.20. The number of amides is 4. The predicted molar refractivity (Wildman–Crippen MR) is 83.0 cm³/mol. The topological polar surface area (TPSA) is 78.5 Å². The molecule has 1 fully saturated rings. The van der Waals surface area contributed by atoms with Crippen LogP contribution in [0.3, 0.4) is 0 Å². The number of carbonyl (C=O) groups is 3. The van der Waals surface area contributed by atoms with E-state index in [1.165, 1.54) is 22.8 Å². The van der Waals surface area contributed by atoms with Gasteiger partial charge in [-0.25, -0.2) is 14.1 Å². The molecule has 6 nitrogen and oxygen atoms in total. The number of imide groups is 1. The Balaban J connectivity index is 2.02. The summed E-state index contributed by atoms with van der Waals surface area (Å²) in [5.41, 5.74) is -4.05. The van der Waals surface area contributed by atoms with Crippen LogP contribution in [0, 0.1) is 5.82 Å². The van der Waals surface area contributed by atoms with Crippen LogP contribution < -0.4 is 15.5 Å². The SMILES string of the molecule is O=C(NC1(C(F)(F)F)NC(=O)N(c2cccc(F)c2)C1=O)c1cccs1. The molecular weight excluding hydrogens is 378 g/mol. The number of nitrogens with one attached hydrogen (secondary N) is 2. The fraction of sp³-hybridized carbons (Fsp3) is 0.133. The van der Waals surface area contributed by atoms with Gasteiger partial charge in [0.15, 0.2) is 0 Å². The predicted octanol–water partition coefficient (Wildman–Crippen LogP) is 2.63. The molecule has 136 valence electrons. The Morgan fingerprint density at radius 2 is 1.92 bits per heavy atom. The molecule has 2 N–H and O–H groups in total. The van der Waals surface area contributed by atoms with Gasteiger partial charge in [0.2, 0.25) is 0 Å². The van der Waals surface area contributed by atoms with Crippen LogP contribution in [0.4, 0.5) is 28.0 Å². The van der Waals surface area contributed by atoms with Gasteiger partial charge in [-0.15, -0.1) is 11.3 Å². The number of rotatable bonds is 3. The second kappa shape index (κ2) is 6.09. The molecule has 0 spiro atoms. The van der Waals surface area contributed by atoms with Crippen molar-refractivity contribution >= 4 is 34.9 Å². The first-order chi connectivity index (χ1) is 12.2. The van der Waals surface area contributed by atoms with E-state index in [-0.39, 0.29) is 9.78 Å². The largest absolute Gasteiger partial charge is 0.440 e. The van der Waals surface area contributed by atoms with E-state index in [4.69, 9.17) is 0 Å². The van der Waals surface area contributed by atoms with Crippen molar-refractivity contribution < 1.29 is 31.9 Å². The molecule has 1 aromatic heterocycles. The molecule has 0 saturated carbocycles. The van der Waals surface area contributed by atoms with Crippen LogP contribution >= 0.6 is 11.3 Å². The molecule has 4 amide bonds. The van der Waals surface area contributed by atoms with E-state index < -0.39 is 41.2 Å². The second-order valence-corrected chi connectivity index (χ2v) is 6.18. The maximum absolute atomic E-state index is 13.7. The Morgan fingerprint density at radius 3 is 2.50 bits per heavy atom. The van der Waals surface area contributed by atoms with Crippen LogP contribution in [-0.4, -0.2) is 29.7 Å². The van der Waals surface area contributed by atoms with Crippen molar-refractivity contribution in [1.82, 2.24) is 10.6 Å². The summed E-state index contributed by atoms with van der Waals surface area (Å²) in [4.78, 5) is 36.7. The molecule has 1 aliphatic heterocycles. The Labute approximate surface area is 147 Å². The van der Waals surface area contributed by atoms with Crippen LogP contribution in [-0.2, 0) is 4.79 Å². The van der Waals surface area contributed by atoms with Crippen molar-refractivity contribution in [2.24, 2.45) is 0 Å². The second-order valence-electron chi connectivity index (χ2n) is 5.23. The van der Waals surface area contributed by atoms with Gasteiger partial charge in [0.1, 0.15) is 5.82 Å². The third-order valence-electron chi connectivity index (χ3n) is 3.56. The number of urea groups is 1. The van der Waals surface area contributed by atoms with E-state index in [1.807, 2.05) is 0 Å². The molecule has 1 aromatic carbocycles. The van der Waals surface area contributed by atoms with Crippen LogP contribution in [0.1, 0.15) is 9.67 Å². The lowest BCUT2D eigenvalue weighted by Gasteiger charge is -2.29. The minimum Gasteiger partial charge on any atom is -0.313 e. The number of nitrogens with zero attached hydrogens (tertiary/aromatic N) is 1. The number of anilines is 1. The van der Waals surface area contributed by atoms with Gasteiger partial charge in [-0.05, 0) is 29.6 Å². The molecule has 2 aromatic rings. The number of hydrogen-bond donors (Lipinski definition) is 2. The van der Waals surface area contributed by atoms with Gasteiger partial charge in [-0.1, -0.05) is 12.1 Å². The smallest absolute Gasteiger partial charge is 0.313 e. The zero-order valence-corrected chi connectivity index (χ0v) is 13.5. The summed E-state index contributed by atoms with van der Waals surface area (Å²) < 4.78 is 54.3. The molecule has 1 unspecified atom stereocenters. The van der Waals surface area contributed by atoms with Crippen LogP contribution in [0.2, 0.25) is 0 Å². The average Bonchev–Trinajstić information content (AvgIpc) is 3.15. The highest BCUT2D eigenvalue weighted by Gasteiger charge is 2.69. The molecule has 11 heteroatoms. The van der Waals surface area contributed by atoms with E-state index in [9.17, 15) is 31.9 Å². The summed E-state index contributed by atoms with van der Waals surface area (Å²) in [6.07, 6.45) is -5.34. The van der Waals surface area contributed by atoms with E-state index in [0.29, 0.717) is 0 Å². The molecule has 1 saturated heterocycles. The van der Waals surface area contributed by atoms with Crippen molar-refractivity contribution in [2.45, 2.75) is 11.8 Å². The van der Waals surface area contributed by atoms with E-state index >= 15 is 0 Å². The normalized spacial score (nSPS) is 20.2. The molecule has 1 aliphatic rings. The Kier molecular flexibility index (Phi) is 4.18. The number of halogens is 4. The molecule has 0 bridgehead atoms. The van der Waals surface area contributed by atoms with Gasteiger partial charge >= 0.3 is 12.2 Å². The monoisotopic (exact) mass is 387 g/mol. The highest BCUT2D eigenvalue weighted by atomic mass is 32.1. The first kappa shape index (κ1) is 17.9. The number of alkyl halides is 3. The fourth-order valence-corrected chi connectivity index (χ4v) is 2.99. The van der Waals surface area contributed by atoms with E-state index in [2.05, 4.69) is 0 Å². The number of hydrogen-bond acceptors (Lipinski definition) is 4. The van der Waals surface area contributed by atoms with Crippen molar-refractivity contribution in [3.8, 4) is 0 Å². The van der Waals surface area contributed by atoms with Gasteiger partial charge in [-0.2, -0.15) is 13.2 Å². The van der Waals surface area contributed by atoms with Gasteiger partial charge in [0.05, 0.1) is 10.6 Å². The molecule has 0 radical (unpaired) electrons. The molecule has 3 rings (SSSR count). The van der Waals surface area contributed by atoms with Crippen molar-refractivity contribution in [3.05, 3.63) is 52.5 Å². The zero-order chi connectivity index (χ0) is 19.1. The van der Waals surface area contributed by atoms with Crippen LogP contribution in [0.15, 0.2) is 41.8 Å². The standard InChI is InChI=1S/C15H9F4N3O3S/c16-8-3-1-4-9(7-8)22-12(24)14(15(17,18)19,21-13(22)25)20-11(23)10-5-2-6-26-10/h1-7H,(H,20,23)(H,21,25). The van der Waals surface area contributed by atoms with Crippen molar-refractivity contribution in [2.75, 3.05) is 4.90 Å². The molecule has 1 atom stereocenters. The maximum Gasteiger partial charge on any atom is 0.440 e. The molecular formula is C15H9F4N3O3S. The van der Waals surface area contributed by atoms with Crippen molar-refractivity contribution in [1.29, 1.82) is 0 Å². The van der Waals surface area contributed by atoms with Gasteiger partial charge in [0, 0.05) is 0 Å². The van der Waals surface area contributed by atoms with Gasteiger partial charge in [-0.3, -0.25) is 14.9 Å². The van der Waals surface area contributed by atoms with E-state index in [0.717, 1.165) is 35.6 Å². The van der Waals surface area contributed by atoms with Gasteiger partial charge < -0.3 is 5.32 Å². The number of benzene rings is 1. The Hall–Kier alpha value is -2.95. The summed E-state index contributed by atoms with van der Waals surface area (Å²) in [7, 11) is 0. The summed E-state index contributed by atoms with van der Waals surface area (Å²) in [6.45, 7) is 0. The lowest BCUT2D eigenvalue weighted by Crippen LogP contribution is -2.69. The first-order valence-electron chi connectivity index (χ1n) is 7.01. The minimum absolute atomic E-state index is 0.0834. The highest BCUT2D eigenvalue weighted by Crippen LogP contribution is 2.36. The molecule has 0 aliphatic carbocycles. The quantitative estimate of drug-likeness (QED) is 0.628. The fourth-order valence-electron chi connectivity index (χ4n) is 2.37. The van der Waals surface area contributed by atoms with Crippen LogP contribution in [0.25, 0.3) is 0 Å². The Morgan fingerprint density at radius 1 is 1.19 bits per heavy atom. The lowest BCUT2D eigenvalue weighted by molar-refractivity contribution is -0.197.